The summed E-state index contributed by atoms with van der Waals surface area (Å²) in [5.74, 6) is 0.422. The van der Waals surface area contributed by atoms with E-state index < -0.39 is 0 Å². The van der Waals surface area contributed by atoms with Crippen molar-refractivity contribution in [3.63, 3.8) is 0 Å². The molecule has 0 N–H and O–H groups in total. The van der Waals surface area contributed by atoms with E-state index in [2.05, 4.69) is 0 Å². The number of nitrogens with zero attached hydrogens (tertiary/aromatic N) is 2. The quantitative estimate of drug-likeness (QED) is 0.725. The van der Waals surface area contributed by atoms with Crippen LogP contribution in [0.25, 0.3) is 5.57 Å². The summed E-state index contributed by atoms with van der Waals surface area (Å²) in [5, 5.41) is 0. The van der Waals surface area contributed by atoms with Gasteiger partial charge in [-0.25, -0.2) is 4.90 Å². The Hall–Kier alpha value is -3.32. The molecule has 0 bridgehead atoms. The van der Waals surface area contributed by atoms with Gasteiger partial charge in [0.15, 0.2) is 0 Å². The number of hydrogen-bond donors (Lipinski definition) is 0. The molecule has 150 valence electrons. The molecule has 1 saturated heterocycles. The van der Waals surface area contributed by atoms with Crippen molar-refractivity contribution in [2.24, 2.45) is 0 Å². The summed E-state index contributed by atoms with van der Waals surface area (Å²) >= 11 is 0. The predicted molar refractivity (Wildman–Crippen MR) is 108 cm³/mol. The van der Waals surface area contributed by atoms with Crippen molar-refractivity contribution in [2.75, 3.05) is 45.4 Å². The third-order valence-electron chi connectivity index (χ3n) is 5.09. The van der Waals surface area contributed by atoms with Gasteiger partial charge in [-0.1, -0.05) is 24.3 Å². The van der Waals surface area contributed by atoms with Crippen molar-refractivity contribution in [2.45, 2.75) is 0 Å². The minimum Gasteiger partial charge on any atom is -0.497 e. The summed E-state index contributed by atoms with van der Waals surface area (Å²) < 4.78 is 16.0. The van der Waals surface area contributed by atoms with Gasteiger partial charge in [0.2, 0.25) is 0 Å². The Morgan fingerprint density at radius 1 is 0.862 bits per heavy atom. The Morgan fingerprint density at radius 3 is 2.21 bits per heavy atom. The standard InChI is InChI=1S/C22H22N2O5/c1-27-16-9-7-15(8-10-16)19-20(23-11-13-29-14-12-23)22(26)24(21(19)25)17-5-3-4-6-18(17)28-2/h3-10H,11-14H2,1-2H3. The van der Waals surface area contributed by atoms with Crippen molar-refractivity contribution in [3.8, 4) is 11.5 Å². The van der Waals surface area contributed by atoms with E-state index in [1.807, 2.05) is 4.90 Å². The zero-order valence-corrected chi connectivity index (χ0v) is 16.4. The smallest absolute Gasteiger partial charge is 0.282 e. The van der Waals surface area contributed by atoms with E-state index in [1.165, 1.54) is 12.0 Å². The van der Waals surface area contributed by atoms with Gasteiger partial charge in [0.05, 0.1) is 38.7 Å². The van der Waals surface area contributed by atoms with Crippen molar-refractivity contribution in [1.82, 2.24) is 4.90 Å². The molecular formula is C22H22N2O5. The van der Waals surface area contributed by atoms with Crippen molar-refractivity contribution >= 4 is 23.1 Å². The lowest BCUT2D eigenvalue weighted by atomic mass is 10.0. The van der Waals surface area contributed by atoms with E-state index in [1.54, 1.807) is 55.6 Å². The fourth-order valence-corrected chi connectivity index (χ4v) is 3.65. The van der Waals surface area contributed by atoms with Crippen LogP contribution in [0.3, 0.4) is 0 Å². The van der Waals surface area contributed by atoms with Crippen molar-refractivity contribution < 1.29 is 23.8 Å². The summed E-state index contributed by atoms with van der Waals surface area (Å²) in [4.78, 5) is 30.1. The highest BCUT2D eigenvalue weighted by molar-refractivity contribution is 6.45. The first-order valence-electron chi connectivity index (χ1n) is 9.39. The molecule has 7 heteroatoms. The summed E-state index contributed by atoms with van der Waals surface area (Å²) in [6.45, 7) is 2.12. The van der Waals surface area contributed by atoms with Crippen LogP contribution in [0.15, 0.2) is 54.2 Å². The van der Waals surface area contributed by atoms with Gasteiger partial charge in [-0.2, -0.15) is 0 Å². The summed E-state index contributed by atoms with van der Waals surface area (Å²) in [5.41, 5.74) is 1.88. The minimum atomic E-state index is -0.369. The number of anilines is 1. The Morgan fingerprint density at radius 2 is 1.55 bits per heavy atom. The average Bonchev–Trinajstić information content (AvgIpc) is 3.04. The van der Waals surface area contributed by atoms with Gasteiger partial charge in [0.1, 0.15) is 17.2 Å². The van der Waals surface area contributed by atoms with Gasteiger partial charge in [-0.15, -0.1) is 0 Å². The molecule has 0 spiro atoms. The molecule has 0 atom stereocenters. The van der Waals surface area contributed by atoms with Crippen LogP contribution in [0.2, 0.25) is 0 Å². The normalized spacial score (nSPS) is 17.2. The van der Waals surface area contributed by atoms with Gasteiger partial charge in [-0.05, 0) is 29.8 Å². The lowest BCUT2D eigenvalue weighted by Crippen LogP contribution is -2.40. The second-order valence-electron chi connectivity index (χ2n) is 6.67. The van der Waals surface area contributed by atoms with Crippen LogP contribution in [0.4, 0.5) is 5.69 Å². The highest BCUT2D eigenvalue weighted by Crippen LogP contribution is 2.38. The third kappa shape index (κ3) is 3.34. The first kappa shape index (κ1) is 19.0. The summed E-state index contributed by atoms with van der Waals surface area (Å²) in [6.07, 6.45) is 0. The van der Waals surface area contributed by atoms with Gasteiger partial charge < -0.3 is 19.1 Å². The van der Waals surface area contributed by atoms with Crippen LogP contribution in [0.1, 0.15) is 5.56 Å². The molecule has 2 amide bonds. The highest BCUT2D eigenvalue weighted by atomic mass is 16.5. The SMILES string of the molecule is COc1ccc(C2=C(N3CCOCC3)C(=O)N(c3ccccc3OC)C2=O)cc1. The molecule has 29 heavy (non-hydrogen) atoms. The first-order valence-corrected chi connectivity index (χ1v) is 9.39. The number of para-hydroxylation sites is 2. The van der Waals surface area contributed by atoms with E-state index >= 15 is 0 Å². The van der Waals surface area contributed by atoms with Crippen LogP contribution in [0.5, 0.6) is 11.5 Å². The zero-order valence-electron chi connectivity index (χ0n) is 16.4. The van der Waals surface area contributed by atoms with E-state index in [9.17, 15) is 9.59 Å². The van der Waals surface area contributed by atoms with Gasteiger partial charge in [-0.3, -0.25) is 9.59 Å². The number of ether oxygens (including phenoxy) is 3. The number of imide groups is 1. The minimum absolute atomic E-state index is 0.354. The fraction of sp³-hybridized carbons (Fsp3) is 0.273. The van der Waals surface area contributed by atoms with Crippen LogP contribution in [-0.4, -0.2) is 57.2 Å². The molecule has 2 aromatic carbocycles. The van der Waals surface area contributed by atoms with Crippen LogP contribution >= 0.6 is 0 Å². The number of morpholine rings is 1. The molecule has 2 heterocycles. The Kier molecular flexibility index (Phi) is 5.22. The number of hydrogen-bond acceptors (Lipinski definition) is 6. The number of amides is 2. The lowest BCUT2D eigenvalue weighted by Gasteiger charge is -2.29. The van der Waals surface area contributed by atoms with E-state index in [4.69, 9.17) is 14.2 Å². The van der Waals surface area contributed by atoms with E-state index in [0.717, 1.165) is 0 Å². The number of carbonyl (C=O) groups excluding carboxylic acids is 2. The molecule has 2 aliphatic heterocycles. The monoisotopic (exact) mass is 394 g/mol. The fourth-order valence-electron chi connectivity index (χ4n) is 3.65. The first-order chi connectivity index (χ1) is 14.2. The number of benzene rings is 2. The summed E-state index contributed by atoms with van der Waals surface area (Å²) in [6, 6.07) is 14.2. The van der Waals surface area contributed by atoms with Crippen LogP contribution in [-0.2, 0) is 14.3 Å². The summed E-state index contributed by atoms with van der Waals surface area (Å²) in [7, 11) is 3.10. The second-order valence-corrected chi connectivity index (χ2v) is 6.67. The van der Waals surface area contributed by atoms with Crippen LogP contribution in [0, 0.1) is 0 Å². The largest absolute Gasteiger partial charge is 0.497 e. The van der Waals surface area contributed by atoms with Gasteiger partial charge in [0, 0.05) is 13.1 Å². The zero-order chi connectivity index (χ0) is 20.4. The third-order valence-corrected chi connectivity index (χ3v) is 5.09. The maximum absolute atomic E-state index is 13.5. The molecule has 2 aromatic rings. The topological polar surface area (TPSA) is 68.3 Å². The average molecular weight is 394 g/mol. The predicted octanol–water partition coefficient (Wildman–Crippen LogP) is 2.32. The molecule has 2 aliphatic rings. The van der Waals surface area contributed by atoms with Gasteiger partial charge >= 0.3 is 0 Å². The molecule has 0 aliphatic carbocycles. The van der Waals surface area contributed by atoms with Crippen LogP contribution < -0.4 is 14.4 Å². The number of rotatable bonds is 5. The molecule has 1 fully saturated rings. The molecule has 0 unspecified atom stereocenters. The maximum atomic E-state index is 13.5. The molecular weight excluding hydrogens is 372 g/mol. The Balaban J connectivity index is 1.83. The molecule has 0 radical (unpaired) electrons. The number of carbonyl (C=O) groups is 2. The maximum Gasteiger partial charge on any atom is 0.282 e. The second kappa shape index (κ2) is 7.97. The van der Waals surface area contributed by atoms with Crippen molar-refractivity contribution in [3.05, 3.63) is 59.8 Å². The van der Waals surface area contributed by atoms with E-state index in [0.29, 0.717) is 60.3 Å². The molecule has 7 nitrogen and oxygen atoms in total. The Labute approximate surface area is 169 Å². The lowest BCUT2D eigenvalue weighted by molar-refractivity contribution is -0.121. The highest BCUT2D eigenvalue weighted by Gasteiger charge is 2.43. The molecule has 0 aromatic heterocycles. The Bertz CT molecular complexity index is 961. The van der Waals surface area contributed by atoms with Gasteiger partial charge in [0.25, 0.3) is 11.8 Å². The molecule has 0 saturated carbocycles. The van der Waals surface area contributed by atoms with Crippen molar-refractivity contribution in [1.29, 1.82) is 0 Å². The van der Waals surface area contributed by atoms with E-state index in [-0.39, 0.29) is 11.8 Å². The number of methoxy groups -OCH3 is 2. The molecule has 4 rings (SSSR count).